The van der Waals surface area contributed by atoms with Gasteiger partial charge in [-0.2, -0.15) is 15.8 Å². The predicted octanol–water partition coefficient (Wildman–Crippen LogP) is 22.4. The van der Waals surface area contributed by atoms with Gasteiger partial charge in [0.25, 0.3) is 0 Å². The summed E-state index contributed by atoms with van der Waals surface area (Å²) in [4.78, 5) is 16.8. The van der Waals surface area contributed by atoms with E-state index in [1.54, 1.807) is 0 Å². The Balaban J connectivity index is 0.942. The molecule has 8 nitrogen and oxygen atoms in total. The van der Waals surface area contributed by atoms with E-state index in [2.05, 4.69) is 240 Å². The number of aromatic nitrogens is 5. The normalized spacial score (nSPS) is 11.2. The van der Waals surface area contributed by atoms with Crippen molar-refractivity contribution < 1.29 is 0 Å². The number of benzene rings is 14. The van der Waals surface area contributed by atoms with Crippen LogP contribution in [0.25, 0.3) is 167 Å². The van der Waals surface area contributed by atoms with E-state index >= 15 is 0 Å². The Hall–Kier alpha value is -13.8. The zero-order valence-electron chi connectivity index (χ0n) is 52.8. The third kappa shape index (κ3) is 10.5. The lowest BCUT2D eigenvalue weighted by Gasteiger charge is -2.17. The highest BCUT2D eigenvalue weighted by molar-refractivity contribution is 6.13. The number of nitriles is 3. The first-order valence-corrected chi connectivity index (χ1v) is 32.5. The van der Waals surface area contributed by atoms with Crippen LogP contribution < -0.4 is 0 Å². The lowest BCUT2D eigenvalue weighted by atomic mass is 9.96. The quantitative estimate of drug-likeness (QED) is 0.120. The van der Waals surface area contributed by atoms with Crippen LogP contribution in [0.3, 0.4) is 0 Å². The molecule has 0 spiro atoms. The van der Waals surface area contributed by atoms with Crippen molar-refractivity contribution in [3.05, 3.63) is 344 Å². The molecule has 0 aliphatic rings. The summed E-state index contributed by atoms with van der Waals surface area (Å²) in [6.45, 7) is 0. The lowest BCUT2D eigenvalue weighted by molar-refractivity contribution is 1.07. The van der Waals surface area contributed by atoms with Gasteiger partial charge in [0.05, 0.1) is 57.0 Å². The van der Waals surface area contributed by atoms with Gasteiger partial charge in [0.1, 0.15) is 0 Å². The molecular weight excluding hydrogens is 1190 g/mol. The molecule has 0 saturated heterocycles. The first kappa shape index (κ1) is 58.0. The molecule has 0 amide bonds. The van der Waals surface area contributed by atoms with Crippen LogP contribution in [0.5, 0.6) is 0 Å². The van der Waals surface area contributed by atoms with Crippen molar-refractivity contribution in [2.45, 2.75) is 0 Å². The number of fused-ring (bicyclic) bond motifs is 6. The summed E-state index contributed by atoms with van der Waals surface area (Å²) in [5.74, 6) is 1.19. The average Bonchev–Trinajstić information content (AvgIpc) is 1.57. The van der Waals surface area contributed by atoms with Gasteiger partial charge in [-0.1, -0.05) is 218 Å². The molecule has 0 radical (unpaired) electrons. The first-order valence-electron chi connectivity index (χ1n) is 32.5. The summed E-state index contributed by atoms with van der Waals surface area (Å²) >= 11 is 0. The monoisotopic (exact) mass is 1250 g/mol. The fourth-order valence-corrected chi connectivity index (χ4v) is 14.0. The molecular formula is C90H54N8. The van der Waals surface area contributed by atoms with Gasteiger partial charge in [0.15, 0.2) is 17.5 Å². The maximum absolute atomic E-state index is 10.9. The SMILES string of the molecule is N#Cc1ccc(-c2ccccc2-c2nc(-c3cc(-c4ccccc4C#N)cc(-n4c5ccc(-c6ccccc6)cc5c5cc(-c6ccccc6)ccc54)c3)nc(-c3cc(-c4ccccc4C#N)cc(-n4c5ccc(-c6ccccc6)cc5c5cc(-c6ccccc6)ccc54)c3)n2)cc1. The minimum absolute atomic E-state index is 0.388. The van der Waals surface area contributed by atoms with Gasteiger partial charge in [-0.3, -0.25) is 0 Å². The van der Waals surface area contributed by atoms with Crippen LogP contribution in [0.4, 0.5) is 0 Å². The molecule has 0 bridgehead atoms. The van der Waals surface area contributed by atoms with Crippen LogP contribution in [0.2, 0.25) is 0 Å². The number of nitrogens with zero attached hydrogens (tertiary/aromatic N) is 8. The second kappa shape index (κ2) is 24.6. The standard InChI is InChI=1S/C90H54N8/c91-55-58-33-35-63(36-34-58)78-31-17-18-32-79(78)90-95-88(72-45-70(76-29-15-13-27-68(76)56-92)47-74(49-72)97-84-41-37-64(59-19-5-1-6-20-59)51-80(84)81-52-65(38-42-85(81)97)60-21-7-2-8-22-60)94-89(96-90)73-46-71(77-30-16-14-28-69(77)57-93)48-75(50-73)98-86-43-39-66(61-23-9-3-10-24-61)53-82(86)83-54-67(40-44-87(83)98)62-25-11-4-12-26-62/h1-54H. The Morgan fingerprint density at radius 1 is 0.214 bits per heavy atom. The van der Waals surface area contributed by atoms with Gasteiger partial charge in [-0.25, -0.2) is 15.0 Å². The third-order valence-corrected chi connectivity index (χ3v) is 18.7. The molecule has 0 atom stereocenters. The summed E-state index contributed by atoms with van der Waals surface area (Å²) < 4.78 is 4.64. The van der Waals surface area contributed by atoms with Crippen LogP contribution in [0.1, 0.15) is 16.7 Å². The molecule has 0 saturated carbocycles. The van der Waals surface area contributed by atoms with Gasteiger partial charge in [0.2, 0.25) is 0 Å². The van der Waals surface area contributed by atoms with Crippen molar-refractivity contribution in [1.82, 2.24) is 24.1 Å². The van der Waals surface area contributed by atoms with Gasteiger partial charge >= 0.3 is 0 Å². The van der Waals surface area contributed by atoms with E-state index in [4.69, 9.17) is 15.0 Å². The zero-order chi connectivity index (χ0) is 65.6. The average molecular weight is 1250 g/mol. The zero-order valence-corrected chi connectivity index (χ0v) is 52.8. The van der Waals surface area contributed by atoms with Crippen molar-refractivity contribution in [1.29, 1.82) is 15.8 Å². The molecule has 0 unspecified atom stereocenters. The van der Waals surface area contributed by atoms with E-state index in [1.165, 1.54) is 0 Å². The van der Waals surface area contributed by atoms with Gasteiger partial charge in [-0.05, 0) is 187 Å². The highest BCUT2D eigenvalue weighted by atomic mass is 15.0. The van der Waals surface area contributed by atoms with Crippen molar-refractivity contribution in [3.63, 3.8) is 0 Å². The van der Waals surface area contributed by atoms with Crippen LogP contribution >= 0.6 is 0 Å². The van der Waals surface area contributed by atoms with E-state index in [-0.39, 0.29) is 0 Å². The minimum Gasteiger partial charge on any atom is -0.309 e. The Morgan fingerprint density at radius 3 is 0.878 bits per heavy atom. The number of hydrogen-bond acceptors (Lipinski definition) is 6. The van der Waals surface area contributed by atoms with Gasteiger partial charge < -0.3 is 9.13 Å². The molecule has 17 aromatic rings. The third-order valence-electron chi connectivity index (χ3n) is 18.7. The summed E-state index contributed by atoms with van der Waals surface area (Å²) in [6, 6.07) is 120. The second-order valence-electron chi connectivity index (χ2n) is 24.5. The van der Waals surface area contributed by atoms with Crippen molar-refractivity contribution in [2.75, 3.05) is 0 Å². The molecule has 0 aliphatic carbocycles. The largest absolute Gasteiger partial charge is 0.309 e. The second-order valence-corrected chi connectivity index (χ2v) is 24.5. The van der Waals surface area contributed by atoms with E-state index in [9.17, 15) is 15.8 Å². The fraction of sp³-hybridized carbons (Fsp3) is 0. The molecule has 98 heavy (non-hydrogen) atoms. The summed E-state index contributed by atoms with van der Waals surface area (Å²) in [5, 5.41) is 36.0. The van der Waals surface area contributed by atoms with E-state index in [1.807, 2.05) is 115 Å². The maximum Gasteiger partial charge on any atom is 0.164 e. The summed E-state index contributed by atoms with van der Waals surface area (Å²) in [7, 11) is 0. The first-order chi connectivity index (χ1) is 48.4. The van der Waals surface area contributed by atoms with Crippen molar-refractivity contribution >= 4 is 43.6 Å². The molecule has 0 fully saturated rings. The smallest absolute Gasteiger partial charge is 0.164 e. The van der Waals surface area contributed by atoms with Crippen LogP contribution in [-0.4, -0.2) is 24.1 Å². The Morgan fingerprint density at radius 2 is 0.520 bits per heavy atom. The van der Waals surface area contributed by atoms with Crippen LogP contribution in [0.15, 0.2) is 328 Å². The molecule has 3 aromatic heterocycles. The molecule has 3 heterocycles. The predicted molar refractivity (Wildman–Crippen MR) is 397 cm³/mol. The van der Waals surface area contributed by atoms with E-state index < -0.39 is 0 Å². The summed E-state index contributed by atoms with van der Waals surface area (Å²) in [6.07, 6.45) is 0. The van der Waals surface area contributed by atoms with Gasteiger partial charge in [-0.15, -0.1) is 0 Å². The Labute approximate surface area is 566 Å². The molecule has 0 aliphatic heterocycles. The Kier molecular flexibility index (Phi) is 14.5. The van der Waals surface area contributed by atoms with Crippen LogP contribution in [0, 0.1) is 34.0 Å². The van der Waals surface area contributed by atoms with E-state index in [0.717, 1.165) is 138 Å². The summed E-state index contributed by atoms with van der Waals surface area (Å²) in [5.41, 5.74) is 23.0. The molecule has 17 rings (SSSR count). The molecule has 454 valence electrons. The lowest BCUT2D eigenvalue weighted by Crippen LogP contribution is -2.03. The minimum atomic E-state index is 0.388. The van der Waals surface area contributed by atoms with Crippen molar-refractivity contribution in [3.8, 4) is 142 Å². The van der Waals surface area contributed by atoms with Crippen LogP contribution in [-0.2, 0) is 0 Å². The molecule has 0 N–H and O–H groups in total. The fourth-order valence-electron chi connectivity index (χ4n) is 14.0. The highest BCUT2D eigenvalue weighted by Crippen LogP contribution is 2.44. The highest BCUT2D eigenvalue weighted by Gasteiger charge is 2.24. The van der Waals surface area contributed by atoms with E-state index in [0.29, 0.717) is 45.3 Å². The number of hydrogen-bond donors (Lipinski definition) is 0. The van der Waals surface area contributed by atoms with Crippen molar-refractivity contribution in [2.24, 2.45) is 0 Å². The number of rotatable bonds is 12. The molecule has 8 heteroatoms. The maximum atomic E-state index is 10.9. The molecule has 14 aromatic carbocycles. The Bertz CT molecular complexity index is 5610. The topological polar surface area (TPSA) is 120 Å². The van der Waals surface area contributed by atoms with Gasteiger partial charge in [0, 0.05) is 49.6 Å².